The Labute approximate surface area is 224 Å². The Morgan fingerprint density at radius 2 is 1.95 bits per heavy atom. The number of aryl methyl sites for hydroxylation is 1. The zero-order chi connectivity index (χ0) is 26.6. The van der Waals surface area contributed by atoms with Crippen molar-refractivity contribution in [2.24, 2.45) is 13.0 Å². The third-order valence-corrected chi connectivity index (χ3v) is 8.71. The molecule has 2 fully saturated rings. The molecule has 4 heterocycles. The minimum atomic E-state index is -4.49. The summed E-state index contributed by atoms with van der Waals surface area (Å²) in [7, 11) is 3.93. The van der Waals surface area contributed by atoms with Crippen molar-refractivity contribution >= 4 is 17.8 Å². The highest BCUT2D eigenvalue weighted by Crippen LogP contribution is 2.46. The molecule has 2 aromatic rings. The van der Waals surface area contributed by atoms with Gasteiger partial charge < -0.3 is 14.4 Å². The zero-order valence-electron chi connectivity index (χ0n) is 21.4. The van der Waals surface area contributed by atoms with Crippen LogP contribution < -0.4 is 4.90 Å². The lowest BCUT2D eigenvalue weighted by Gasteiger charge is -2.34. The van der Waals surface area contributed by atoms with Gasteiger partial charge in [-0.25, -0.2) is 8.61 Å². The second-order valence-corrected chi connectivity index (χ2v) is 11.6. The van der Waals surface area contributed by atoms with Gasteiger partial charge in [-0.2, -0.15) is 13.2 Å². The highest BCUT2D eigenvalue weighted by atomic mass is 32.2. The third kappa shape index (κ3) is 4.56. The molecule has 0 N–H and O–H groups in total. The summed E-state index contributed by atoms with van der Waals surface area (Å²) in [5.74, 6) is 1.92. The summed E-state index contributed by atoms with van der Waals surface area (Å²) in [5.41, 5.74) is 1.89. The molecular formula is C27H30F3N7S. The van der Waals surface area contributed by atoms with Crippen LogP contribution in [0.5, 0.6) is 0 Å². The molecule has 38 heavy (non-hydrogen) atoms. The van der Waals surface area contributed by atoms with Gasteiger partial charge in [0.1, 0.15) is 18.0 Å². The molecule has 6 rings (SSSR count). The fourth-order valence-corrected chi connectivity index (χ4v) is 6.47. The number of aromatic nitrogens is 3. The first kappa shape index (κ1) is 25.3. The van der Waals surface area contributed by atoms with Crippen LogP contribution in [0.1, 0.15) is 36.6 Å². The van der Waals surface area contributed by atoms with Gasteiger partial charge in [0.05, 0.1) is 11.3 Å². The summed E-state index contributed by atoms with van der Waals surface area (Å²) in [6.45, 7) is 6.28. The molecule has 1 saturated carbocycles. The molecule has 4 aliphatic rings. The maximum atomic E-state index is 14.2. The average molecular weight is 542 g/mol. The van der Waals surface area contributed by atoms with E-state index in [1.807, 2.05) is 30.8 Å². The van der Waals surface area contributed by atoms with Crippen LogP contribution in [-0.4, -0.2) is 61.1 Å². The Hall–Kier alpha value is -3.02. The van der Waals surface area contributed by atoms with Gasteiger partial charge in [-0.15, -0.1) is 10.2 Å². The largest absolute Gasteiger partial charge is 0.418 e. The maximum absolute atomic E-state index is 14.2. The Morgan fingerprint density at radius 3 is 2.58 bits per heavy atom. The molecule has 1 aromatic heterocycles. The molecule has 0 bridgehead atoms. The number of alkyl halides is 3. The van der Waals surface area contributed by atoms with E-state index in [1.165, 1.54) is 12.5 Å². The van der Waals surface area contributed by atoms with Gasteiger partial charge >= 0.3 is 6.18 Å². The van der Waals surface area contributed by atoms with Gasteiger partial charge in [0.2, 0.25) is 0 Å². The highest BCUT2D eigenvalue weighted by Gasteiger charge is 2.43. The van der Waals surface area contributed by atoms with Gasteiger partial charge in [-0.3, -0.25) is 0 Å². The van der Waals surface area contributed by atoms with Crippen LogP contribution in [0.4, 0.5) is 18.9 Å². The summed E-state index contributed by atoms with van der Waals surface area (Å²) >= 11 is 1.54. The van der Waals surface area contributed by atoms with Gasteiger partial charge in [0, 0.05) is 62.8 Å². The van der Waals surface area contributed by atoms with Crippen LogP contribution in [0.2, 0.25) is 0 Å². The topological polar surface area (TPSA) is 43.7 Å². The number of benzene rings is 1. The summed E-state index contributed by atoms with van der Waals surface area (Å²) < 4.78 is 48.8. The van der Waals surface area contributed by atoms with E-state index in [0.717, 1.165) is 43.0 Å². The number of rotatable bonds is 6. The van der Waals surface area contributed by atoms with Crippen LogP contribution in [0.3, 0.4) is 0 Å². The van der Waals surface area contributed by atoms with Crippen molar-refractivity contribution in [1.29, 1.82) is 0 Å². The minimum absolute atomic E-state index is 0.0792. The van der Waals surface area contributed by atoms with Gasteiger partial charge in [-0.1, -0.05) is 25.1 Å². The molecule has 7 nitrogen and oxygen atoms in total. The number of allylic oxidation sites excluding steroid dienone is 1. The standard InChI is InChI=1S/C27H30F3N7S/c1-18-36(22-9-5-8-21(13-22)25(20-6-4-7-20)26-32-31-17-33(26)2)16-24-23(27(28,29)30)12-19(15-37(18)24)14-35-11-10-34(3)38-35/h5,8-9,12-13,15-17,20,25H,1,4,6-7,10-11,14H2,2-3H3. The molecule has 1 aliphatic carbocycles. The lowest BCUT2D eigenvalue weighted by molar-refractivity contribution is -0.0909. The van der Waals surface area contributed by atoms with E-state index in [-0.39, 0.29) is 11.6 Å². The molecule has 0 radical (unpaired) electrons. The van der Waals surface area contributed by atoms with Crippen LogP contribution in [0, 0.1) is 5.92 Å². The Kier molecular flexibility index (Phi) is 6.40. The molecule has 1 saturated heterocycles. The lowest BCUT2D eigenvalue weighted by Crippen LogP contribution is -2.28. The third-order valence-electron chi connectivity index (χ3n) is 7.70. The Bertz CT molecular complexity index is 1340. The summed E-state index contributed by atoms with van der Waals surface area (Å²) in [4.78, 5) is 3.33. The Morgan fingerprint density at radius 1 is 1.13 bits per heavy atom. The van der Waals surface area contributed by atoms with Gasteiger partial charge in [0.15, 0.2) is 0 Å². The monoisotopic (exact) mass is 541 g/mol. The van der Waals surface area contributed by atoms with Crippen molar-refractivity contribution in [3.63, 3.8) is 0 Å². The van der Waals surface area contributed by atoms with Crippen LogP contribution in [0.15, 0.2) is 78.3 Å². The second kappa shape index (κ2) is 9.62. The molecule has 200 valence electrons. The van der Waals surface area contributed by atoms with Crippen molar-refractivity contribution in [1.82, 2.24) is 28.3 Å². The van der Waals surface area contributed by atoms with E-state index in [0.29, 0.717) is 23.9 Å². The van der Waals surface area contributed by atoms with E-state index in [4.69, 9.17) is 0 Å². The molecule has 1 unspecified atom stereocenters. The number of halogens is 3. The predicted octanol–water partition coefficient (Wildman–Crippen LogP) is 5.38. The summed E-state index contributed by atoms with van der Waals surface area (Å²) in [6.07, 6.45) is 5.25. The predicted molar refractivity (Wildman–Crippen MR) is 142 cm³/mol. The number of hydrogen-bond donors (Lipinski definition) is 0. The first-order valence-electron chi connectivity index (χ1n) is 12.8. The highest BCUT2D eigenvalue weighted by molar-refractivity contribution is 7.94. The number of anilines is 1. The van der Waals surface area contributed by atoms with Crippen molar-refractivity contribution in [3.05, 3.63) is 89.7 Å². The SMILES string of the molecule is C=C1N2C=C(CN3CCN(C)S3)C=C(C(F)(F)F)C2=CN1c1cccc(C(c2nncn2C)C2CCC2)c1. The van der Waals surface area contributed by atoms with E-state index < -0.39 is 11.7 Å². The normalized spacial score (nSPS) is 21.8. The average Bonchev–Trinajstić information content (AvgIpc) is 3.54. The van der Waals surface area contributed by atoms with Gasteiger partial charge in [-0.05, 0) is 55.2 Å². The first-order chi connectivity index (χ1) is 18.2. The number of hydrogen-bond acceptors (Lipinski definition) is 7. The smallest absolute Gasteiger partial charge is 0.320 e. The van der Waals surface area contributed by atoms with E-state index in [9.17, 15) is 13.2 Å². The van der Waals surface area contributed by atoms with E-state index in [1.54, 1.807) is 40.7 Å². The fraction of sp³-hybridized carbons (Fsp3) is 0.407. The van der Waals surface area contributed by atoms with Crippen molar-refractivity contribution < 1.29 is 13.2 Å². The molecule has 1 aromatic carbocycles. The van der Waals surface area contributed by atoms with Crippen LogP contribution >= 0.6 is 12.1 Å². The lowest BCUT2D eigenvalue weighted by atomic mass is 9.72. The van der Waals surface area contributed by atoms with E-state index >= 15 is 0 Å². The second-order valence-electron chi connectivity index (χ2n) is 10.3. The molecule has 0 spiro atoms. The van der Waals surface area contributed by atoms with Crippen molar-refractivity contribution in [2.45, 2.75) is 31.4 Å². The summed E-state index contributed by atoms with van der Waals surface area (Å²) in [5, 5.41) is 8.50. The zero-order valence-corrected chi connectivity index (χ0v) is 22.2. The first-order valence-corrected chi connectivity index (χ1v) is 13.5. The minimum Gasteiger partial charge on any atom is -0.320 e. The van der Waals surface area contributed by atoms with Crippen LogP contribution in [-0.2, 0) is 7.05 Å². The van der Waals surface area contributed by atoms with Crippen LogP contribution in [0.25, 0.3) is 0 Å². The Balaban J connectivity index is 1.33. The van der Waals surface area contributed by atoms with E-state index in [2.05, 4.69) is 37.5 Å². The number of likely N-dealkylation sites (N-methyl/N-ethyl adjacent to an activating group) is 1. The molecule has 11 heteroatoms. The quantitative estimate of drug-likeness (QED) is 0.455. The fourth-order valence-electron chi connectivity index (χ4n) is 5.55. The molecular weight excluding hydrogens is 511 g/mol. The number of nitrogens with zero attached hydrogens (tertiary/aromatic N) is 7. The van der Waals surface area contributed by atoms with Crippen molar-refractivity contribution in [2.75, 3.05) is 31.6 Å². The van der Waals surface area contributed by atoms with Crippen molar-refractivity contribution in [3.8, 4) is 0 Å². The molecule has 1 atom stereocenters. The maximum Gasteiger partial charge on any atom is 0.418 e. The van der Waals surface area contributed by atoms with Gasteiger partial charge in [0.25, 0.3) is 0 Å². The molecule has 0 amide bonds. The summed E-state index contributed by atoms with van der Waals surface area (Å²) in [6, 6.07) is 8.00. The molecule has 3 aliphatic heterocycles. The number of fused-ring (bicyclic) bond motifs is 1.